The Kier molecular flexibility index (Phi) is 12.6. The number of carbonyl (C=O) groups is 2. The maximum Gasteiger partial charge on any atom is 0.438 e. The molecule has 0 aliphatic heterocycles. The molecular formula is C21H25CuF3N2O4. The molecule has 1 unspecified atom stereocenters. The molecule has 0 saturated heterocycles. The second-order valence-electron chi connectivity index (χ2n) is 6.63. The van der Waals surface area contributed by atoms with Crippen LogP contribution >= 0.6 is 0 Å². The summed E-state index contributed by atoms with van der Waals surface area (Å²) in [6.07, 6.45) is -1.44. The Bertz CT molecular complexity index is 802. The average molecular weight is 490 g/mol. The zero-order valence-corrected chi connectivity index (χ0v) is 18.1. The van der Waals surface area contributed by atoms with Gasteiger partial charge in [-0.2, -0.15) is 13.2 Å². The molecule has 10 heteroatoms. The minimum absolute atomic E-state index is 0. The van der Waals surface area contributed by atoms with Crippen LogP contribution < -0.4 is 5.32 Å². The van der Waals surface area contributed by atoms with Gasteiger partial charge in [0.1, 0.15) is 0 Å². The third-order valence-electron chi connectivity index (χ3n) is 4.41. The van der Waals surface area contributed by atoms with Gasteiger partial charge in [-0.05, 0) is 30.5 Å². The van der Waals surface area contributed by atoms with E-state index in [-0.39, 0.29) is 41.9 Å². The number of esters is 1. The molecule has 0 saturated carbocycles. The second kappa shape index (κ2) is 13.7. The third kappa shape index (κ3) is 9.45. The van der Waals surface area contributed by atoms with Gasteiger partial charge in [-0.15, -0.1) is 0 Å². The summed E-state index contributed by atoms with van der Waals surface area (Å²) in [5, 5.41) is 11.8. The van der Waals surface area contributed by atoms with Gasteiger partial charge in [0.15, 0.2) is 0 Å². The predicted molar refractivity (Wildman–Crippen MR) is 105 cm³/mol. The third-order valence-corrected chi connectivity index (χ3v) is 4.41. The first kappa shape index (κ1) is 28.5. The number of hydrogen-bond donors (Lipinski definition) is 2. The number of carbonyl (C=O) groups excluding carboxylic acids is 2. The van der Waals surface area contributed by atoms with Gasteiger partial charge in [-0.3, -0.25) is 9.59 Å². The molecule has 1 aromatic carbocycles. The van der Waals surface area contributed by atoms with Crippen molar-refractivity contribution in [1.82, 2.24) is 0 Å². The van der Waals surface area contributed by atoms with Gasteiger partial charge in [-0.1, -0.05) is 38.8 Å². The van der Waals surface area contributed by atoms with Gasteiger partial charge in [0.25, 0.3) is 0 Å². The number of unbranched alkanes of at least 4 members (excludes halogenated alkanes) is 1. The van der Waals surface area contributed by atoms with Crippen LogP contribution in [0.5, 0.6) is 0 Å². The summed E-state index contributed by atoms with van der Waals surface area (Å²) in [5.41, 5.74) is -0.176. The Morgan fingerprint density at radius 3 is 2.32 bits per heavy atom. The van der Waals surface area contributed by atoms with Crippen LogP contribution in [-0.2, 0) is 37.8 Å². The summed E-state index contributed by atoms with van der Waals surface area (Å²) < 4.78 is 41.9. The number of hydrogen-bond acceptors (Lipinski definition) is 4. The van der Waals surface area contributed by atoms with E-state index in [4.69, 9.17) is 11.7 Å². The molecule has 0 aromatic heterocycles. The van der Waals surface area contributed by atoms with Gasteiger partial charge in [0.2, 0.25) is 11.7 Å². The summed E-state index contributed by atoms with van der Waals surface area (Å²) in [7, 11) is 0. The van der Waals surface area contributed by atoms with E-state index in [2.05, 4.69) is 21.8 Å². The second-order valence-corrected chi connectivity index (χ2v) is 6.63. The van der Waals surface area contributed by atoms with E-state index in [0.717, 1.165) is 25.7 Å². The molecule has 0 aliphatic rings. The largest absolute Gasteiger partial charge is 0.515 e. The van der Waals surface area contributed by atoms with Gasteiger partial charge < -0.3 is 15.2 Å². The molecule has 1 radical (unpaired) electrons. The van der Waals surface area contributed by atoms with Crippen LogP contribution in [0.3, 0.4) is 0 Å². The molecular weight excluding hydrogens is 465 g/mol. The van der Waals surface area contributed by atoms with E-state index in [1.54, 1.807) is 24.3 Å². The first-order valence-electron chi connectivity index (χ1n) is 9.58. The standard InChI is InChI=1S/C21H25F3N2O4.Cu/c1-4-6-7-15(5-2)19(28)26-16-10-8-14(9-11-16)12-13-30-20(29)17(25-3)18(27)21(22,23)24;/h8-11,15,27H,4-7,12-13H2,1-2H3,(H,26,28);/b18-17+;. The summed E-state index contributed by atoms with van der Waals surface area (Å²) in [4.78, 5) is 26.3. The first-order chi connectivity index (χ1) is 14.1. The number of anilines is 1. The van der Waals surface area contributed by atoms with Gasteiger partial charge in [-0.25, -0.2) is 4.85 Å². The number of amides is 1. The van der Waals surface area contributed by atoms with Crippen molar-refractivity contribution in [2.75, 3.05) is 11.9 Å². The Balaban J connectivity index is 0.00000900. The number of ether oxygens (including phenoxy) is 1. The number of rotatable bonds is 10. The van der Waals surface area contributed by atoms with Crippen molar-refractivity contribution in [3.63, 3.8) is 0 Å². The smallest absolute Gasteiger partial charge is 0.438 e. The van der Waals surface area contributed by atoms with Crippen molar-refractivity contribution in [2.45, 2.75) is 52.1 Å². The maximum atomic E-state index is 12.4. The number of benzene rings is 1. The number of nitrogens with one attached hydrogen (secondary N) is 1. The van der Waals surface area contributed by atoms with E-state index in [1.165, 1.54) is 0 Å². The van der Waals surface area contributed by atoms with Crippen molar-refractivity contribution >= 4 is 17.6 Å². The molecule has 175 valence electrons. The summed E-state index contributed by atoms with van der Waals surface area (Å²) in [6.45, 7) is 10.4. The molecule has 6 nitrogen and oxygen atoms in total. The Morgan fingerprint density at radius 1 is 1.23 bits per heavy atom. The average Bonchev–Trinajstić information content (AvgIpc) is 2.69. The zero-order valence-electron chi connectivity index (χ0n) is 17.2. The molecule has 0 bridgehead atoms. The Hall–Kier alpha value is -2.50. The minimum Gasteiger partial charge on any atom is -0.515 e. The molecule has 0 fully saturated rings. The van der Waals surface area contributed by atoms with E-state index in [0.29, 0.717) is 11.3 Å². The van der Waals surface area contributed by atoms with Crippen molar-refractivity contribution in [3.05, 3.63) is 52.7 Å². The van der Waals surface area contributed by atoms with E-state index < -0.39 is 23.6 Å². The van der Waals surface area contributed by atoms with Crippen LogP contribution in [0, 0.1) is 12.5 Å². The molecule has 0 heterocycles. The van der Waals surface area contributed by atoms with Crippen LogP contribution in [0.4, 0.5) is 18.9 Å². The zero-order chi connectivity index (χ0) is 22.7. The molecule has 1 amide bonds. The van der Waals surface area contributed by atoms with E-state index in [9.17, 15) is 22.8 Å². The van der Waals surface area contributed by atoms with E-state index >= 15 is 0 Å². The normalized spacial score (nSPS) is 12.6. The van der Waals surface area contributed by atoms with E-state index in [1.807, 2.05) is 6.92 Å². The fraction of sp³-hybridized carbons (Fsp3) is 0.476. The summed E-state index contributed by atoms with van der Waals surface area (Å²) >= 11 is 0. The van der Waals surface area contributed by atoms with Crippen LogP contribution in [0.1, 0.15) is 45.1 Å². The van der Waals surface area contributed by atoms with Gasteiger partial charge >= 0.3 is 17.8 Å². The molecule has 1 atom stereocenters. The fourth-order valence-electron chi connectivity index (χ4n) is 2.63. The fourth-order valence-corrected chi connectivity index (χ4v) is 2.63. The van der Waals surface area contributed by atoms with Crippen LogP contribution in [0.2, 0.25) is 0 Å². The topological polar surface area (TPSA) is 80.0 Å². The molecule has 0 spiro atoms. The molecule has 31 heavy (non-hydrogen) atoms. The quantitative estimate of drug-likeness (QED) is 0.156. The number of nitrogens with zero attached hydrogens (tertiary/aromatic N) is 1. The SMILES string of the molecule is [C-]#[N+]/C(C(=O)OCCc1ccc(NC(=O)C(CC)CCCC)cc1)=C(/O)C(F)(F)F.[Cu]. The van der Waals surface area contributed by atoms with Crippen LogP contribution in [-0.4, -0.2) is 29.8 Å². The molecule has 1 aromatic rings. The van der Waals surface area contributed by atoms with Crippen LogP contribution in [0.25, 0.3) is 4.85 Å². The van der Waals surface area contributed by atoms with Crippen LogP contribution in [0.15, 0.2) is 35.7 Å². The monoisotopic (exact) mass is 489 g/mol. The van der Waals surface area contributed by atoms with Gasteiger partial charge in [0, 0.05) is 35.1 Å². The number of alkyl halides is 3. The number of aliphatic hydroxyl groups is 1. The predicted octanol–water partition coefficient (Wildman–Crippen LogP) is 5.18. The number of halogens is 3. The molecule has 0 aliphatic carbocycles. The number of allylic oxidation sites excluding steroid dienone is 1. The minimum atomic E-state index is -5.20. The van der Waals surface area contributed by atoms with Gasteiger partial charge in [0.05, 0.1) is 13.2 Å². The van der Waals surface area contributed by atoms with Crippen molar-refractivity contribution in [3.8, 4) is 0 Å². The Morgan fingerprint density at radius 2 is 1.84 bits per heavy atom. The Labute approximate surface area is 190 Å². The first-order valence-corrected chi connectivity index (χ1v) is 9.58. The maximum absolute atomic E-state index is 12.4. The molecule has 1 rings (SSSR count). The summed E-state index contributed by atoms with van der Waals surface area (Å²) in [5.74, 6) is -3.91. The van der Waals surface area contributed by atoms with Crippen molar-refractivity contribution < 1.29 is 49.7 Å². The van der Waals surface area contributed by atoms with Crippen molar-refractivity contribution in [2.24, 2.45) is 5.92 Å². The molecule has 2 N–H and O–H groups in total. The number of aliphatic hydroxyl groups excluding tert-OH is 1. The summed E-state index contributed by atoms with van der Waals surface area (Å²) in [6, 6.07) is 6.74. The van der Waals surface area contributed by atoms with Crippen molar-refractivity contribution in [1.29, 1.82) is 0 Å².